The van der Waals surface area contributed by atoms with Crippen molar-refractivity contribution in [2.24, 2.45) is 17.2 Å². The molecule has 1 heterocycles. The molecule has 1 aliphatic rings. The lowest BCUT2D eigenvalue weighted by molar-refractivity contribution is -0.160. The Balaban J connectivity index is 2.85. The van der Waals surface area contributed by atoms with E-state index in [0.29, 0.717) is 31.9 Å². The van der Waals surface area contributed by atoms with Crippen LogP contribution < -0.4 is 17.2 Å². The van der Waals surface area contributed by atoms with Crippen LogP contribution in [0.15, 0.2) is 34.9 Å². The molecule has 9 N–H and O–H groups in total. The largest absolute Gasteiger partial charge is 0.464 e. The Morgan fingerprint density at radius 1 is 0.510 bits per heavy atom. The highest BCUT2D eigenvalue weighted by molar-refractivity contribution is 5.88. The van der Waals surface area contributed by atoms with Gasteiger partial charge in [0.2, 0.25) is 0 Å². The van der Waals surface area contributed by atoms with Crippen LogP contribution in [-0.4, -0.2) is 124 Å². The van der Waals surface area contributed by atoms with Crippen LogP contribution in [0, 0.1) is 0 Å². The molecule has 3 amide bonds. The summed E-state index contributed by atoms with van der Waals surface area (Å²) in [6.07, 6.45) is 4.99. The average Bonchev–Trinajstić information content (AvgIpc) is 3.06. The average molecular weight is 727 g/mol. The number of nitrogens with two attached hydrogens (primary N) is 3. The molecule has 18 nitrogen and oxygen atoms in total. The van der Waals surface area contributed by atoms with Gasteiger partial charge in [-0.2, -0.15) is 0 Å². The second-order valence-electron chi connectivity index (χ2n) is 12.4. The van der Waals surface area contributed by atoms with Gasteiger partial charge >= 0.3 is 17.9 Å². The first-order valence-electron chi connectivity index (χ1n) is 16.8. The fourth-order valence-corrected chi connectivity index (χ4v) is 4.40. The van der Waals surface area contributed by atoms with Crippen molar-refractivity contribution in [3.63, 3.8) is 0 Å². The minimum absolute atomic E-state index is 0.0774. The molecule has 0 unspecified atom stereocenters. The van der Waals surface area contributed by atoms with Crippen LogP contribution in [0.25, 0.3) is 0 Å². The smallest absolute Gasteiger partial charge is 0.322 e. The molecule has 288 valence electrons. The summed E-state index contributed by atoms with van der Waals surface area (Å²) < 4.78 is 15.5. The summed E-state index contributed by atoms with van der Waals surface area (Å²) in [5.74, 6) is -4.24. The highest BCUT2D eigenvalue weighted by atomic mass is 16.5. The van der Waals surface area contributed by atoms with E-state index < -0.39 is 53.8 Å². The quantitative estimate of drug-likeness (QED) is 0.113. The van der Waals surface area contributed by atoms with Gasteiger partial charge in [-0.15, -0.1) is 0 Å². The third kappa shape index (κ3) is 19.1. The molecule has 0 saturated heterocycles. The second-order valence-corrected chi connectivity index (χ2v) is 12.4. The standard InChI is InChI=1S/C33H54N6O12/c1-22-10-16-49-31(43)25(34)8-5-14-38(47)29(41)20-24(3)12-18-51-33(45)27(36)9-6-15-39(48)30(42)21-23(2)11-17-50-32(44)26(35)7-4-13-37(46)28(40)19-22/h19-21,25-27,46-48H,4-18,34-36H2,1-3H3/b22-19-,23-21-,24-20-/t25-,26-,27-/m0/s1. The van der Waals surface area contributed by atoms with Crippen molar-refractivity contribution in [3.8, 4) is 0 Å². The summed E-state index contributed by atoms with van der Waals surface area (Å²) in [6, 6.07) is -3.05. The third-order valence-corrected chi connectivity index (χ3v) is 7.66. The summed E-state index contributed by atoms with van der Waals surface area (Å²) in [5.41, 5.74) is 19.2. The fourth-order valence-electron chi connectivity index (χ4n) is 4.40. The van der Waals surface area contributed by atoms with Gasteiger partial charge in [0.15, 0.2) is 0 Å². The van der Waals surface area contributed by atoms with Gasteiger partial charge in [-0.05, 0) is 59.3 Å². The Bertz CT molecular complexity index is 1130. The lowest BCUT2D eigenvalue weighted by atomic mass is 10.1. The fraction of sp³-hybridized carbons (Fsp3) is 0.636. The highest BCUT2D eigenvalue weighted by Gasteiger charge is 2.20. The van der Waals surface area contributed by atoms with Crippen molar-refractivity contribution in [3.05, 3.63) is 34.9 Å². The zero-order chi connectivity index (χ0) is 38.5. The minimum atomic E-state index is -1.02. The van der Waals surface area contributed by atoms with Crippen LogP contribution in [-0.2, 0) is 43.0 Å². The molecule has 0 aromatic carbocycles. The first-order chi connectivity index (χ1) is 24.0. The molecule has 51 heavy (non-hydrogen) atoms. The van der Waals surface area contributed by atoms with Crippen LogP contribution in [0.2, 0.25) is 0 Å². The second kappa shape index (κ2) is 24.1. The van der Waals surface area contributed by atoms with E-state index in [9.17, 15) is 44.4 Å². The predicted molar refractivity (Wildman–Crippen MR) is 180 cm³/mol. The predicted octanol–water partition coefficient (Wildman–Crippen LogP) is 0.615. The zero-order valence-electron chi connectivity index (χ0n) is 29.7. The van der Waals surface area contributed by atoms with Crippen molar-refractivity contribution < 1.29 is 58.6 Å². The molecule has 0 aliphatic carbocycles. The van der Waals surface area contributed by atoms with Crippen LogP contribution >= 0.6 is 0 Å². The number of rotatable bonds is 0. The Morgan fingerprint density at radius 2 is 0.745 bits per heavy atom. The molecule has 0 radical (unpaired) electrons. The van der Waals surface area contributed by atoms with Crippen molar-refractivity contribution in [1.82, 2.24) is 15.2 Å². The van der Waals surface area contributed by atoms with Gasteiger partial charge in [0.1, 0.15) is 18.1 Å². The molecule has 18 heteroatoms. The molecule has 0 saturated carbocycles. The summed E-state index contributed by atoms with van der Waals surface area (Å²) in [7, 11) is 0. The molecule has 0 fully saturated rings. The molecule has 0 aromatic rings. The zero-order valence-corrected chi connectivity index (χ0v) is 29.7. The number of cyclic esters (lactones) is 3. The van der Waals surface area contributed by atoms with E-state index >= 15 is 0 Å². The van der Waals surface area contributed by atoms with E-state index in [2.05, 4.69) is 0 Å². The number of carbonyl (C=O) groups is 6. The number of carbonyl (C=O) groups excluding carboxylic acids is 6. The highest BCUT2D eigenvalue weighted by Crippen LogP contribution is 2.09. The van der Waals surface area contributed by atoms with E-state index in [1.807, 2.05) is 0 Å². The van der Waals surface area contributed by atoms with Gasteiger partial charge in [0, 0.05) is 57.1 Å². The maximum Gasteiger partial charge on any atom is 0.322 e. The molecule has 0 bridgehead atoms. The summed E-state index contributed by atoms with van der Waals surface area (Å²) in [6.45, 7) is 4.26. The Hall–Kier alpha value is -4.20. The molecule has 0 spiro atoms. The lowest BCUT2D eigenvalue weighted by Gasteiger charge is -2.17. The van der Waals surface area contributed by atoms with E-state index in [0.717, 1.165) is 0 Å². The number of hydrogen-bond acceptors (Lipinski definition) is 15. The molecule has 1 rings (SSSR count). The topological polar surface area (TPSA) is 279 Å². The normalized spacial score (nSPS) is 27.6. The van der Waals surface area contributed by atoms with Crippen LogP contribution in [0.3, 0.4) is 0 Å². The van der Waals surface area contributed by atoms with Crippen LogP contribution in [0.4, 0.5) is 0 Å². The third-order valence-electron chi connectivity index (χ3n) is 7.66. The van der Waals surface area contributed by atoms with Gasteiger partial charge in [-0.25, -0.2) is 15.2 Å². The Kier molecular flexibility index (Phi) is 21.2. The number of esters is 3. The van der Waals surface area contributed by atoms with Gasteiger partial charge in [0.25, 0.3) is 17.7 Å². The first kappa shape index (κ1) is 44.8. The molecule has 0 aromatic heterocycles. The summed E-state index contributed by atoms with van der Waals surface area (Å²) >= 11 is 0. The van der Waals surface area contributed by atoms with Crippen molar-refractivity contribution >= 4 is 35.6 Å². The maximum atomic E-state index is 12.3. The SMILES string of the molecule is C/C1=C/C(=O)N(O)CCC[C@H](N)C(=O)OCC/C(C)=C\C(=O)N(O)CCC[C@H](N)C(=O)OCC/C(C)=C\C(=O)N(O)CCC[C@H](N)C(=O)OCC1. The summed E-state index contributed by atoms with van der Waals surface area (Å²) in [5, 5.41) is 31.7. The lowest BCUT2D eigenvalue weighted by Crippen LogP contribution is -2.35. The molecule has 3 atom stereocenters. The van der Waals surface area contributed by atoms with Crippen LogP contribution in [0.5, 0.6) is 0 Å². The van der Waals surface area contributed by atoms with E-state index in [4.69, 9.17) is 31.4 Å². The van der Waals surface area contributed by atoms with E-state index in [1.165, 1.54) is 18.2 Å². The van der Waals surface area contributed by atoms with Gasteiger partial charge in [-0.1, -0.05) is 16.7 Å². The number of ether oxygens (including phenoxy) is 3. The first-order valence-corrected chi connectivity index (χ1v) is 16.8. The number of hydroxylamine groups is 6. The Labute approximate surface area is 297 Å². The van der Waals surface area contributed by atoms with Crippen LogP contribution in [0.1, 0.15) is 78.6 Å². The van der Waals surface area contributed by atoms with Crippen molar-refractivity contribution in [2.75, 3.05) is 39.5 Å². The van der Waals surface area contributed by atoms with Crippen molar-refractivity contribution in [1.29, 1.82) is 0 Å². The van der Waals surface area contributed by atoms with E-state index in [-0.39, 0.29) is 97.2 Å². The number of hydrogen-bond donors (Lipinski definition) is 6. The maximum absolute atomic E-state index is 12.3. The molecule has 1 aliphatic heterocycles. The molecular weight excluding hydrogens is 672 g/mol. The van der Waals surface area contributed by atoms with Gasteiger partial charge in [-0.3, -0.25) is 44.4 Å². The number of nitrogens with zero attached hydrogens (tertiary/aromatic N) is 3. The van der Waals surface area contributed by atoms with Gasteiger partial charge < -0.3 is 31.4 Å². The van der Waals surface area contributed by atoms with E-state index in [1.54, 1.807) is 20.8 Å². The molecular formula is C33H54N6O12. The Morgan fingerprint density at radius 3 is 0.980 bits per heavy atom. The number of amides is 3. The minimum Gasteiger partial charge on any atom is -0.464 e. The van der Waals surface area contributed by atoms with Crippen molar-refractivity contribution in [2.45, 2.75) is 96.7 Å². The monoisotopic (exact) mass is 726 g/mol. The van der Waals surface area contributed by atoms with Gasteiger partial charge in [0.05, 0.1) is 19.8 Å². The summed E-state index contributed by atoms with van der Waals surface area (Å²) in [4.78, 5) is 73.7.